The van der Waals surface area contributed by atoms with E-state index in [-0.39, 0.29) is 31.1 Å². The summed E-state index contributed by atoms with van der Waals surface area (Å²) in [6, 6.07) is 0. The summed E-state index contributed by atoms with van der Waals surface area (Å²) >= 11 is 0. The molecule has 0 N–H and O–H groups in total. The average molecular weight is 934 g/mol. The second-order valence-electron chi connectivity index (χ2n) is 22.1. The van der Waals surface area contributed by atoms with Crippen LogP contribution in [0.3, 0.4) is 0 Å². The normalized spacial score (nSPS) is 12.1. The lowest BCUT2D eigenvalue weighted by atomic mass is 10.0. The van der Waals surface area contributed by atoms with Gasteiger partial charge in [-0.25, -0.2) is 0 Å². The summed E-state index contributed by atoms with van der Waals surface area (Å²) in [6.07, 6.45) is 53.8. The van der Waals surface area contributed by atoms with Crippen LogP contribution in [0.25, 0.3) is 0 Å². The van der Waals surface area contributed by atoms with E-state index in [0.717, 1.165) is 75.5 Å². The zero-order valence-corrected chi connectivity index (χ0v) is 45.5. The summed E-state index contributed by atoms with van der Waals surface area (Å²) in [5.41, 5.74) is 0. The first kappa shape index (κ1) is 64.4. The topological polar surface area (TPSA) is 78.9 Å². The minimum Gasteiger partial charge on any atom is -0.462 e. The molecule has 0 aromatic rings. The Hall–Kier alpha value is -1.59. The van der Waals surface area contributed by atoms with Gasteiger partial charge in [0.1, 0.15) is 13.2 Å². The first-order chi connectivity index (χ1) is 32.1. The summed E-state index contributed by atoms with van der Waals surface area (Å²) in [5, 5.41) is 0. The Morgan fingerprint density at radius 3 is 0.652 bits per heavy atom. The van der Waals surface area contributed by atoms with Gasteiger partial charge in [0.15, 0.2) is 6.10 Å². The van der Waals surface area contributed by atoms with Crippen LogP contribution in [0.1, 0.15) is 330 Å². The molecule has 0 saturated carbocycles. The molecule has 0 heterocycles. The Balaban J connectivity index is 4.30. The van der Waals surface area contributed by atoms with Gasteiger partial charge in [-0.05, 0) is 37.0 Å². The van der Waals surface area contributed by atoms with Gasteiger partial charge >= 0.3 is 17.9 Å². The summed E-state index contributed by atoms with van der Waals surface area (Å²) in [6.45, 7) is 13.8. The Morgan fingerprint density at radius 2 is 0.439 bits per heavy atom. The van der Waals surface area contributed by atoms with Crippen molar-refractivity contribution >= 4 is 17.9 Å². The van der Waals surface area contributed by atoms with E-state index in [1.807, 2.05) is 0 Å². The average Bonchev–Trinajstić information content (AvgIpc) is 3.28. The van der Waals surface area contributed by atoms with Crippen molar-refractivity contribution < 1.29 is 28.6 Å². The number of carbonyl (C=O) groups is 3. The fraction of sp³-hybridized carbons (Fsp3) is 0.950. The van der Waals surface area contributed by atoms with Gasteiger partial charge in [0, 0.05) is 19.3 Å². The molecule has 1 atom stereocenters. The number of esters is 3. The Morgan fingerprint density at radius 1 is 0.258 bits per heavy atom. The number of rotatable bonds is 53. The molecular formula is C60H116O6. The molecule has 0 unspecified atom stereocenters. The summed E-state index contributed by atoms with van der Waals surface area (Å²) < 4.78 is 16.9. The van der Waals surface area contributed by atoms with Gasteiger partial charge in [-0.15, -0.1) is 0 Å². The molecule has 0 spiro atoms. The van der Waals surface area contributed by atoms with E-state index >= 15 is 0 Å². The van der Waals surface area contributed by atoms with Crippen LogP contribution < -0.4 is 0 Å². The standard InChI is InChI=1S/C60H116O6/c1-54(2)46-40-34-28-22-16-11-8-7-9-13-19-25-31-37-43-49-58(61)64-52-57(53-65-59(62)50-44-38-32-26-21-15-18-24-30-36-42-48-56(5)6)66-60(63)51-45-39-33-27-20-14-10-12-17-23-29-35-41-47-55(3)4/h54-57H,7-53H2,1-6H3/t57-/m1/s1. The molecule has 0 aromatic carbocycles. The molecule has 0 aliphatic rings. The predicted molar refractivity (Wildman–Crippen MR) is 284 cm³/mol. The molecule has 0 amide bonds. The molecule has 6 heteroatoms. The van der Waals surface area contributed by atoms with Gasteiger partial charge in [0.2, 0.25) is 0 Å². The highest BCUT2D eigenvalue weighted by molar-refractivity contribution is 5.71. The van der Waals surface area contributed by atoms with E-state index in [9.17, 15) is 14.4 Å². The first-order valence-electron chi connectivity index (χ1n) is 29.6. The van der Waals surface area contributed by atoms with Crippen LogP contribution in [-0.2, 0) is 28.6 Å². The Kier molecular flexibility index (Phi) is 50.0. The second kappa shape index (κ2) is 51.3. The summed E-state index contributed by atoms with van der Waals surface area (Å²) in [5.74, 6) is 1.67. The van der Waals surface area contributed by atoms with Crippen LogP contribution in [-0.4, -0.2) is 37.2 Å². The van der Waals surface area contributed by atoms with Crippen molar-refractivity contribution in [2.75, 3.05) is 13.2 Å². The maximum atomic E-state index is 12.9. The lowest BCUT2D eigenvalue weighted by molar-refractivity contribution is -0.167. The van der Waals surface area contributed by atoms with Crippen LogP contribution in [0.5, 0.6) is 0 Å². The Bertz CT molecular complexity index is 1020. The number of hydrogen-bond donors (Lipinski definition) is 0. The summed E-state index contributed by atoms with van der Waals surface area (Å²) in [7, 11) is 0. The van der Waals surface area contributed by atoms with Crippen molar-refractivity contribution in [2.45, 2.75) is 337 Å². The minimum absolute atomic E-state index is 0.0633. The van der Waals surface area contributed by atoms with Crippen molar-refractivity contribution in [3.05, 3.63) is 0 Å². The van der Waals surface area contributed by atoms with Crippen molar-refractivity contribution in [3.8, 4) is 0 Å². The van der Waals surface area contributed by atoms with E-state index < -0.39 is 6.10 Å². The third-order valence-corrected chi connectivity index (χ3v) is 13.6. The largest absolute Gasteiger partial charge is 0.462 e. The number of ether oxygens (including phenoxy) is 3. The maximum absolute atomic E-state index is 12.9. The van der Waals surface area contributed by atoms with E-state index in [0.29, 0.717) is 19.3 Å². The third kappa shape index (κ3) is 53.4. The van der Waals surface area contributed by atoms with Crippen molar-refractivity contribution in [2.24, 2.45) is 17.8 Å². The lowest BCUT2D eigenvalue weighted by Gasteiger charge is -2.18. The van der Waals surface area contributed by atoms with Crippen LogP contribution in [0.4, 0.5) is 0 Å². The van der Waals surface area contributed by atoms with Crippen molar-refractivity contribution in [1.82, 2.24) is 0 Å². The highest BCUT2D eigenvalue weighted by Crippen LogP contribution is 2.19. The Labute approximate surface area is 412 Å². The number of hydrogen-bond acceptors (Lipinski definition) is 6. The van der Waals surface area contributed by atoms with Gasteiger partial charge < -0.3 is 14.2 Å². The molecule has 392 valence electrons. The van der Waals surface area contributed by atoms with Crippen molar-refractivity contribution in [3.63, 3.8) is 0 Å². The first-order valence-corrected chi connectivity index (χ1v) is 29.6. The smallest absolute Gasteiger partial charge is 0.306 e. The van der Waals surface area contributed by atoms with Crippen LogP contribution in [0, 0.1) is 17.8 Å². The second-order valence-corrected chi connectivity index (χ2v) is 22.1. The number of carbonyl (C=O) groups excluding carboxylic acids is 3. The fourth-order valence-corrected chi connectivity index (χ4v) is 9.18. The lowest BCUT2D eigenvalue weighted by Crippen LogP contribution is -2.30. The highest BCUT2D eigenvalue weighted by Gasteiger charge is 2.19. The van der Waals surface area contributed by atoms with Gasteiger partial charge in [-0.2, -0.15) is 0 Å². The third-order valence-electron chi connectivity index (χ3n) is 13.6. The minimum atomic E-state index is -0.764. The SMILES string of the molecule is CC(C)CCCCCCCCCCCCCCCCCC(=O)OC[C@H](COC(=O)CCCCCCCCCCCCCC(C)C)OC(=O)CCCCCCCCCCCCCCCC(C)C. The van der Waals surface area contributed by atoms with Gasteiger partial charge in [-0.1, -0.05) is 292 Å². The zero-order chi connectivity index (χ0) is 48.4. The van der Waals surface area contributed by atoms with E-state index in [4.69, 9.17) is 14.2 Å². The zero-order valence-electron chi connectivity index (χ0n) is 45.5. The van der Waals surface area contributed by atoms with Crippen LogP contribution >= 0.6 is 0 Å². The van der Waals surface area contributed by atoms with E-state index in [2.05, 4.69) is 41.5 Å². The summed E-state index contributed by atoms with van der Waals surface area (Å²) in [4.78, 5) is 38.2. The van der Waals surface area contributed by atoms with E-state index in [1.165, 1.54) is 212 Å². The quantitative estimate of drug-likeness (QED) is 0.0343. The molecule has 6 nitrogen and oxygen atoms in total. The molecule has 66 heavy (non-hydrogen) atoms. The molecule has 0 aromatic heterocycles. The predicted octanol–water partition coefficient (Wildman–Crippen LogP) is 19.5. The van der Waals surface area contributed by atoms with Gasteiger partial charge in [0.05, 0.1) is 0 Å². The van der Waals surface area contributed by atoms with Crippen molar-refractivity contribution in [1.29, 1.82) is 0 Å². The molecule has 0 aliphatic heterocycles. The van der Waals surface area contributed by atoms with Crippen LogP contribution in [0.15, 0.2) is 0 Å². The van der Waals surface area contributed by atoms with Gasteiger partial charge in [0.25, 0.3) is 0 Å². The highest BCUT2D eigenvalue weighted by atomic mass is 16.6. The molecule has 0 fully saturated rings. The molecule has 0 radical (unpaired) electrons. The molecule has 0 rings (SSSR count). The van der Waals surface area contributed by atoms with E-state index in [1.54, 1.807) is 0 Å². The fourth-order valence-electron chi connectivity index (χ4n) is 9.18. The number of unbranched alkanes of at least 4 members (excludes halogenated alkanes) is 36. The van der Waals surface area contributed by atoms with Crippen LogP contribution in [0.2, 0.25) is 0 Å². The molecule has 0 bridgehead atoms. The monoisotopic (exact) mass is 933 g/mol. The maximum Gasteiger partial charge on any atom is 0.306 e. The van der Waals surface area contributed by atoms with Gasteiger partial charge in [-0.3, -0.25) is 14.4 Å². The molecule has 0 aliphatic carbocycles. The molecule has 0 saturated heterocycles. The molecular weight excluding hydrogens is 817 g/mol.